The van der Waals surface area contributed by atoms with E-state index in [4.69, 9.17) is 5.73 Å². The fourth-order valence-electron chi connectivity index (χ4n) is 2.50. The second-order valence-electron chi connectivity index (χ2n) is 7.01. The van der Waals surface area contributed by atoms with Gasteiger partial charge in [-0.15, -0.1) is 12.4 Å². The Morgan fingerprint density at radius 3 is 2.14 bits per heavy atom. The molecule has 1 amide bonds. The maximum atomic E-state index is 12.5. The van der Waals surface area contributed by atoms with E-state index < -0.39 is 15.6 Å². The Balaban J connectivity index is 0.00000392. The summed E-state index contributed by atoms with van der Waals surface area (Å²) in [4.78, 5) is 12.7. The molecule has 0 aliphatic carbocycles. The number of benzene rings is 2. The fourth-order valence-corrected chi connectivity index (χ4v) is 3.87. The van der Waals surface area contributed by atoms with Crippen LogP contribution in [0.2, 0.25) is 0 Å². The van der Waals surface area contributed by atoms with Gasteiger partial charge in [-0.05, 0) is 44.0 Å². The van der Waals surface area contributed by atoms with E-state index >= 15 is 0 Å². The molecule has 6 nitrogen and oxygen atoms in total. The van der Waals surface area contributed by atoms with Crippen molar-refractivity contribution < 1.29 is 13.2 Å². The number of nitrogens with zero attached hydrogens (tertiary/aromatic N) is 1. The van der Waals surface area contributed by atoms with Crippen molar-refractivity contribution in [3.05, 3.63) is 65.7 Å². The van der Waals surface area contributed by atoms with Gasteiger partial charge >= 0.3 is 0 Å². The second kappa shape index (κ2) is 9.52. The van der Waals surface area contributed by atoms with Gasteiger partial charge in [0.25, 0.3) is 0 Å². The topological polar surface area (TPSA) is 92.5 Å². The number of nitrogens with one attached hydrogen (secondary N) is 1. The summed E-state index contributed by atoms with van der Waals surface area (Å²) in [7, 11) is -1.96. The highest BCUT2D eigenvalue weighted by Gasteiger charge is 2.30. The van der Waals surface area contributed by atoms with Crippen molar-refractivity contribution in [2.75, 3.05) is 7.05 Å². The van der Waals surface area contributed by atoms with Crippen molar-refractivity contribution >= 4 is 28.3 Å². The molecule has 2 aromatic carbocycles. The summed E-state index contributed by atoms with van der Waals surface area (Å²) in [6, 6.07) is 15.5. The number of rotatable bonds is 7. The summed E-state index contributed by atoms with van der Waals surface area (Å²) in [6.07, 6.45) is 0. The zero-order valence-electron chi connectivity index (χ0n) is 16.5. The van der Waals surface area contributed by atoms with Crippen molar-refractivity contribution in [3.63, 3.8) is 0 Å². The molecule has 0 aromatic heterocycles. The van der Waals surface area contributed by atoms with Gasteiger partial charge in [0.15, 0.2) is 0 Å². The zero-order chi connectivity index (χ0) is 20.2. The third-order valence-corrected chi connectivity index (χ3v) is 6.67. The summed E-state index contributed by atoms with van der Waals surface area (Å²) in [5, 5.41) is 2.81. The van der Waals surface area contributed by atoms with Crippen molar-refractivity contribution in [3.8, 4) is 0 Å². The molecule has 8 heteroatoms. The van der Waals surface area contributed by atoms with E-state index in [0.717, 1.165) is 11.1 Å². The van der Waals surface area contributed by atoms with Crippen LogP contribution in [0.4, 0.5) is 0 Å². The Hall–Kier alpha value is -1.93. The number of hydrogen-bond acceptors (Lipinski definition) is 4. The van der Waals surface area contributed by atoms with E-state index in [1.54, 1.807) is 38.2 Å². The molecule has 154 valence electrons. The number of halogens is 1. The predicted molar refractivity (Wildman–Crippen MR) is 114 cm³/mol. The molecular weight excluding hydrogens is 398 g/mol. The Morgan fingerprint density at radius 1 is 1.11 bits per heavy atom. The van der Waals surface area contributed by atoms with Crippen molar-refractivity contribution in [2.24, 2.45) is 5.73 Å². The van der Waals surface area contributed by atoms with Crippen LogP contribution in [-0.2, 0) is 26.9 Å². The number of amides is 1. The standard InChI is InChI=1S/C20H27N3O3S.ClH/c1-15(2)23(4)27(25,26)18-12-10-16(11-13-18)14-22-19(24)20(3,21)17-8-6-5-7-9-17;/h5-13,15H,14,21H2,1-4H3,(H,22,24);1H. The number of carbonyl (C=O) groups excluding carboxylic acids is 1. The zero-order valence-corrected chi connectivity index (χ0v) is 18.2. The minimum absolute atomic E-state index is 0. The Morgan fingerprint density at radius 2 is 1.64 bits per heavy atom. The van der Waals surface area contributed by atoms with Gasteiger partial charge in [0.2, 0.25) is 15.9 Å². The van der Waals surface area contributed by atoms with Crippen LogP contribution in [0.1, 0.15) is 31.9 Å². The molecule has 0 spiro atoms. The van der Waals surface area contributed by atoms with E-state index in [1.165, 1.54) is 4.31 Å². The van der Waals surface area contributed by atoms with Crippen LogP contribution in [0.25, 0.3) is 0 Å². The van der Waals surface area contributed by atoms with Crippen LogP contribution >= 0.6 is 12.4 Å². The largest absolute Gasteiger partial charge is 0.350 e. The molecule has 0 aliphatic heterocycles. The molecule has 28 heavy (non-hydrogen) atoms. The molecule has 0 aliphatic rings. The van der Waals surface area contributed by atoms with E-state index in [2.05, 4.69) is 5.32 Å². The van der Waals surface area contributed by atoms with Crippen molar-refractivity contribution in [1.29, 1.82) is 0 Å². The quantitative estimate of drug-likeness (QED) is 0.713. The normalized spacial score (nSPS) is 13.7. The summed E-state index contributed by atoms with van der Waals surface area (Å²) < 4.78 is 26.3. The monoisotopic (exact) mass is 425 g/mol. The Bertz CT molecular complexity index is 883. The summed E-state index contributed by atoms with van der Waals surface area (Å²) >= 11 is 0. The lowest BCUT2D eigenvalue weighted by atomic mass is 9.92. The minimum Gasteiger partial charge on any atom is -0.350 e. The number of carbonyl (C=O) groups is 1. The molecular formula is C20H28ClN3O3S. The second-order valence-corrected chi connectivity index (χ2v) is 9.01. The van der Waals surface area contributed by atoms with Gasteiger partial charge in [0, 0.05) is 19.6 Å². The number of hydrogen-bond donors (Lipinski definition) is 2. The van der Waals surface area contributed by atoms with Crippen LogP contribution in [-0.4, -0.2) is 31.7 Å². The molecule has 2 rings (SSSR count). The van der Waals surface area contributed by atoms with Crippen LogP contribution in [0.15, 0.2) is 59.5 Å². The van der Waals surface area contributed by atoms with Gasteiger partial charge in [-0.2, -0.15) is 4.31 Å². The first-order chi connectivity index (χ1) is 12.6. The molecule has 0 saturated carbocycles. The SMILES string of the molecule is CC(C)N(C)S(=O)(=O)c1ccc(CNC(=O)C(C)(N)c2ccccc2)cc1.Cl. The van der Waals surface area contributed by atoms with E-state index in [9.17, 15) is 13.2 Å². The van der Waals surface area contributed by atoms with E-state index in [-0.39, 0.29) is 35.8 Å². The molecule has 0 bridgehead atoms. The lowest BCUT2D eigenvalue weighted by Gasteiger charge is -2.24. The van der Waals surface area contributed by atoms with E-state index in [0.29, 0.717) is 0 Å². The van der Waals surface area contributed by atoms with Gasteiger partial charge < -0.3 is 11.1 Å². The van der Waals surface area contributed by atoms with E-state index in [1.807, 2.05) is 44.2 Å². The van der Waals surface area contributed by atoms with Crippen LogP contribution < -0.4 is 11.1 Å². The fraction of sp³-hybridized carbons (Fsp3) is 0.350. The van der Waals surface area contributed by atoms with Crippen LogP contribution in [0.3, 0.4) is 0 Å². The summed E-state index contributed by atoms with van der Waals surface area (Å²) in [5.74, 6) is -0.301. The predicted octanol–water partition coefficient (Wildman–Crippen LogP) is 2.63. The summed E-state index contributed by atoms with van der Waals surface area (Å²) in [6.45, 7) is 5.56. The van der Waals surface area contributed by atoms with Gasteiger partial charge in [0.1, 0.15) is 5.54 Å². The Kier molecular flexibility index (Phi) is 8.19. The highest BCUT2D eigenvalue weighted by Crippen LogP contribution is 2.19. The minimum atomic E-state index is -3.52. The average Bonchev–Trinajstić information content (AvgIpc) is 2.66. The van der Waals surface area contributed by atoms with Gasteiger partial charge in [-0.25, -0.2) is 8.42 Å². The molecule has 3 N–H and O–H groups in total. The first-order valence-electron chi connectivity index (χ1n) is 8.76. The highest BCUT2D eigenvalue weighted by molar-refractivity contribution is 7.89. The van der Waals surface area contributed by atoms with Crippen molar-refractivity contribution in [1.82, 2.24) is 9.62 Å². The highest BCUT2D eigenvalue weighted by atomic mass is 35.5. The third-order valence-electron chi connectivity index (χ3n) is 4.63. The third kappa shape index (κ3) is 5.32. The summed E-state index contributed by atoms with van der Waals surface area (Å²) in [5.41, 5.74) is 6.56. The molecule has 0 radical (unpaired) electrons. The van der Waals surface area contributed by atoms with Gasteiger partial charge in [-0.3, -0.25) is 4.79 Å². The molecule has 2 aromatic rings. The molecule has 1 unspecified atom stereocenters. The van der Waals surface area contributed by atoms with Crippen LogP contribution in [0.5, 0.6) is 0 Å². The number of nitrogens with two attached hydrogens (primary N) is 1. The molecule has 0 fully saturated rings. The molecule has 0 saturated heterocycles. The lowest BCUT2D eigenvalue weighted by molar-refractivity contribution is -0.126. The molecule has 0 heterocycles. The first kappa shape index (κ1) is 24.1. The van der Waals surface area contributed by atoms with Gasteiger partial charge in [0.05, 0.1) is 4.90 Å². The number of sulfonamides is 1. The first-order valence-corrected chi connectivity index (χ1v) is 10.2. The maximum absolute atomic E-state index is 12.5. The van der Waals surface area contributed by atoms with Crippen molar-refractivity contribution in [2.45, 2.75) is 43.8 Å². The van der Waals surface area contributed by atoms with Gasteiger partial charge in [-0.1, -0.05) is 42.5 Å². The van der Waals surface area contributed by atoms with Crippen LogP contribution in [0, 0.1) is 0 Å². The average molecular weight is 426 g/mol. The lowest BCUT2D eigenvalue weighted by Crippen LogP contribution is -2.48. The smallest absolute Gasteiger partial charge is 0.244 e. The molecule has 1 atom stereocenters. The maximum Gasteiger partial charge on any atom is 0.244 e. The Labute approximate surface area is 173 Å².